The minimum atomic E-state index is -1.30. The molecule has 61 heavy (non-hydrogen) atoms. The Balaban J connectivity index is 1.61. The highest BCUT2D eigenvalue weighted by Gasteiger charge is 2.31. The van der Waals surface area contributed by atoms with E-state index in [1.165, 1.54) is 37.8 Å². The molecule has 4 unspecified atom stereocenters. The Morgan fingerprint density at radius 1 is 0.623 bits per heavy atom. The molecule has 4 atom stereocenters. The third-order valence-electron chi connectivity index (χ3n) is 9.63. The van der Waals surface area contributed by atoms with Crippen molar-refractivity contribution in [2.75, 3.05) is 45.8 Å². The number of nitrogens with zero attached hydrogens (tertiary/aromatic N) is 1. The molecule has 1 aliphatic carbocycles. The third kappa shape index (κ3) is 19.0. The fourth-order valence-corrected chi connectivity index (χ4v) is 6.07. The zero-order valence-corrected chi connectivity index (χ0v) is 34.4. The number of carbonyl (C=O) groups is 12. The van der Waals surface area contributed by atoms with Gasteiger partial charge in [0.05, 0.1) is 32.7 Å². The number of rotatable bonds is 25. The van der Waals surface area contributed by atoms with Gasteiger partial charge in [0.25, 0.3) is 11.8 Å². The summed E-state index contributed by atoms with van der Waals surface area (Å²) in [4.78, 5) is 146. The summed E-state index contributed by atoms with van der Waals surface area (Å²) in [5.74, 6) is -8.00. The van der Waals surface area contributed by atoms with E-state index in [1.807, 2.05) is 0 Å². The van der Waals surface area contributed by atoms with E-state index < -0.39 is 104 Å². The van der Waals surface area contributed by atoms with Crippen LogP contribution >= 0.6 is 0 Å². The number of carboxylic acid groups (broad SMARTS) is 1. The summed E-state index contributed by atoms with van der Waals surface area (Å²) >= 11 is 0. The highest BCUT2D eigenvalue weighted by Crippen LogP contribution is 2.30. The monoisotopic (exact) mass is 863 g/mol. The maximum Gasteiger partial charge on any atom is 0.326 e. The van der Waals surface area contributed by atoms with E-state index >= 15 is 0 Å². The number of unbranched alkanes of at least 4 members (excludes halogenated alkanes) is 1. The normalized spacial score (nSPS) is 17.7. The van der Waals surface area contributed by atoms with E-state index in [9.17, 15) is 62.6 Å². The zero-order chi connectivity index (χ0) is 45.6. The van der Waals surface area contributed by atoms with Crippen molar-refractivity contribution in [1.29, 1.82) is 0 Å². The van der Waals surface area contributed by atoms with Crippen LogP contribution in [0.3, 0.4) is 0 Å². The first-order valence-corrected chi connectivity index (χ1v) is 19.8. The molecular weight excluding hydrogens is 806 g/mol. The van der Waals surface area contributed by atoms with Crippen molar-refractivity contribution in [3.63, 3.8) is 0 Å². The minimum absolute atomic E-state index is 0.0473. The largest absolute Gasteiger partial charge is 0.480 e. The van der Waals surface area contributed by atoms with Gasteiger partial charge in [0.15, 0.2) is 0 Å². The SMILES string of the molecule is CC(NC(=O)CNC(=O)CNC(=O)CN)C(=O)NCC(=O)NC(C)C(=O)NCC(=O)NC(C)C(=O)NC(CCCCNC(=O)C1CCC(CN2C(=O)C=CC2=O)CC1)C(=O)O. The van der Waals surface area contributed by atoms with Crippen LogP contribution < -0.4 is 53.6 Å². The summed E-state index contributed by atoms with van der Waals surface area (Å²) < 4.78 is 0. The number of hydrogen-bond acceptors (Lipinski definition) is 13. The molecule has 1 saturated carbocycles. The van der Waals surface area contributed by atoms with Crippen molar-refractivity contribution in [3.8, 4) is 0 Å². The zero-order valence-electron chi connectivity index (χ0n) is 34.4. The molecular formula is C37H57N11O13. The van der Waals surface area contributed by atoms with Gasteiger partial charge >= 0.3 is 5.97 Å². The molecule has 2 rings (SSSR count). The van der Waals surface area contributed by atoms with Crippen molar-refractivity contribution in [2.24, 2.45) is 17.6 Å². The van der Waals surface area contributed by atoms with Gasteiger partial charge < -0.3 is 58.7 Å². The van der Waals surface area contributed by atoms with E-state index in [0.29, 0.717) is 51.6 Å². The lowest BCUT2D eigenvalue weighted by Crippen LogP contribution is -2.53. The van der Waals surface area contributed by atoms with Gasteiger partial charge in [0, 0.05) is 31.2 Å². The van der Waals surface area contributed by atoms with Gasteiger partial charge in [-0.1, -0.05) is 0 Å². The molecule has 24 nitrogen and oxygen atoms in total. The number of carbonyl (C=O) groups excluding carboxylic acids is 11. The second-order valence-corrected chi connectivity index (χ2v) is 14.6. The predicted molar refractivity (Wildman–Crippen MR) is 212 cm³/mol. The average Bonchev–Trinajstić information content (AvgIpc) is 3.54. The first-order chi connectivity index (χ1) is 28.8. The van der Waals surface area contributed by atoms with Crippen LogP contribution in [-0.4, -0.2) is 151 Å². The molecule has 1 aliphatic heterocycles. The Bertz CT molecular complexity index is 1680. The molecule has 0 radical (unpaired) electrons. The fraction of sp³-hybridized carbons (Fsp3) is 0.622. The van der Waals surface area contributed by atoms with Crippen LogP contribution in [0.2, 0.25) is 0 Å². The maximum absolute atomic E-state index is 12.7. The van der Waals surface area contributed by atoms with Crippen molar-refractivity contribution in [3.05, 3.63) is 12.2 Å². The lowest BCUT2D eigenvalue weighted by molar-refractivity contribution is -0.142. The molecule has 1 fully saturated rings. The van der Waals surface area contributed by atoms with Crippen LogP contribution in [-0.2, 0) is 57.5 Å². The van der Waals surface area contributed by atoms with E-state index in [-0.39, 0.29) is 42.5 Å². The Morgan fingerprint density at radius 2 is 1.08 bits per heavy atom. The second kappa shape index (κ2) is 25.9. The fourth-order valence-electron chi connectivity index (χ4n) is 6.07. The Hall–Kier alpha value is -6.46. The van der Waals surface area contributed by atoms with Crippen molar-refractivity contribution in [1.82, 2.24) is 52.8 Å². The molecule has 0 aromatic carbocycles. The molecule has 11 amide bonds. The van der Waals surface area contributed by atoms with Crippen LogP contribution in [0, 0.1) is 11.8 Å². The number of nitrogens with one attached hydrogen (secondary N) is 9. The van der Waals surface area contributed by atoms with Gasteiger partial charge in [-0.2, -0.15) is 0 Å². The van der Waals surface area contributed by atoms with E-state index in [1.54, 1.807) is 0 Å². The molecule has 0 aromatic rings. The Labute approximate surface area is 351 Å². The summed E-state index contributed by atoms with van der Waals surface area (Å²) in [6.45, 7) is 2.18. The Morgan fingerprint density at radius 3 is 1.57 bits per heavy atom. The summed E-state index contributed by atoms with van der Waals surface area (Å²) in [7, 11) is 0. The van der Waals surface area contributed by atoms with Crippen LogP contribution in [0.5, 0.6) is 0 Å². The molecule has 338 valence electrons. The number of imide groups is 1. The number of hydrogen-bond donors (Lipinski definition) is 11. The number of aliphatic carboxylic acids is 1. The third-order valence-corrected chi connectivity index (χ3v) is 9.63. The first kappa shape index (κ1) is 50.7. The quantitative estimate of drug-likeness (QED) is 0.0302. The summed E-state index contributed by atoms with van der Waals surface area (Å²) in [6, 6.07) is -4.74. The number of nitrogens with two attached hydrogens (primary N) is 1. The topological polar surface area (TPSA) is 363 Å². The minimum Gasteiger partial charge on any atom is -0.480 e. The van der Waals surface area contributed by atoms with Gasteiger partial charge in [-0.25, -0.2) is 4.79 Å². The molecule has 0 aromatic heterocycles. The lowest BCUT2D eigenvalue weighted by Gasteiger charge is -2.30. The molecule has 0 bridgehead atoms. The number of carboxylic acids is 1. The van der Waals surface area contributed by atoms with Gasteiger partial charge in [-0.05, 0) is 71.6 Å². The van der Waals surface area contributed by atoms with E-state index in [0.717, 1.165) is 0 Å². The molecule has 12 N–H and O–H groups in total. The summed E-state index contributed by atoms with van der Waals surface area (Å²) in [5.41, 5.74) is 5.11. The highest BCUT2D eigenvalue weighted by atomic mass is 16.4. The average molecular weight is 864 g/mol. The second-order valence-electron chi connectivity index (χ2n) is 14.6. The lowest BCUT2D eigenvalue weighted by atomic mass is 9.81. The van der Waals surface area contributed by atoms with Gasteiger partial charge in [-0.15, -0.1) is 0 Å². The van der Waals surface area contributed by atoms with Gasteiger partial charge in [-0.3, -0.25) is 57.6 Å². The van der Waals surface area contributed by atoms with Crippen LogP contribution in [0.4, 0.5) is 0 Å². The molecule has 0 saturated heterocycles. The summed E-state index contributed by atoms with van der Waals surface area (Å²) in [6.07, 6.45) is 5.98. The first-order valence-electron chi connectivity index (χ1n) is 19.8. The van der Waals surface area contributed by atoms with Crippen LogP contribution in [0.15, 0.2) is 12.2 Å². The predicted octanol–water partition coefficient (Wildman–Crippen LogP) is -5.49. The standard InChI is InChI=1S/C37H57N11O13/c1-20(44-28(51)16-41-27(50)15-40-26(49)14-38)33(56)42-17-29(52)45-21(2)34(57)43-18-30(53)46-22(3)35(58)47-25(37(60)61)6-4-5-13-39-36(59)24-9-7-23(8-10-24)19-48-31(54)11-12-32(48)55/h11-12,20-25H,4-10,13-19,38H2,1-3H3,(H,39,59)(H,40,49)(H,41,50)(H,42,56)(H,43,57)(H,44,51)(H,45,52)(H,46,53)(H,47,58)(H,60,61). The van der Waals surface area contributed by atoms with Crippen molar-refractivity contribution < 1.29 is 62.6 Å². The van der Waals surface area contributed by atoms with Gasteiger partial charge in [0.1, 0.15) is 24.2 Å². The summed E-state index contributed by atoms with van der Waals surface area (Å²) in [5, 5.41) is 30.8. The van der Waals surface area contributed by atoms with E-state index in [4.69, 9.17) is 5.73 Å². The van der Waals surface area contributed by atoms with Crippen molar-refractivity contribution >= 4 is 70.9 Å². The molecule has 24 heteroatoms. The molecule has 2 aliphatic rings. The Kier molecular flexibility index (Phi) is 21.5. The number of amides is 11. The van der Waals surface area contributed by atoms with Crippen molar-refractivity contribution in [2.45, 2.75) is 89.9 Å². The van der Waals surface area contributed by atoms with Gasteiger partial charge in [0.2, 0.25) is 53.2 Å². The van der Waals surface area contributed by atoms with Crippen LogP contribution in [0.25, 0.3) is 0 Å². The highest BCUT2D eigenvalue weighted by molar-refractivity contribution is 6.12. The maximum atomic E-state index is 12.7. The van der Waals surface area contributed by atoms with E-state index in [2.05, 4.69) is 47.9 Å². The molecule has 1 heterocycles. The van der Waals surface area contributed by atoms with Crippen LogP contribution in [0.1, 0.15) is 65.7 Å². The smallest absolute Gasteiger partial charge is 0.326 e. The molecule has 0 spiro atoms.